The molecule has 1 atom stereocenters. The lowest BCUT2D eigenvalue weighted by molar-refractivity contribution is -0.190. The van der Waals surface area contributed by atoms with Gasteiger partial charge in [0.2, 0.25) is 5.92 Å². The second kappa shape index (κ2) is 9.88. The lowest BCUT2D eigenvalue weighted by Gasteiger charge is -2.46. The number of nitrogens with zero attached hydrogens (tertiary/aromatic N) is 3. The first-order valence-electron chi connectivity index (χ1n) is 11.5. The molecule has 1 aliphatic carbocycles. The van der Waals surface area contributed by atoms with Crippen LogP contribution < -0.4 is 14.8 Å². The fraction of sp³-hybridized carbons (Fsp3) is 0.480. The molecule has 0 saturated heterocycles. The van der Waals surface area contributed by atoms with Gasteiger partial charge in [-0.2, -0.15) is 13.2 Å². The number of methoxy groups -OCH3 is 2. The summed E-state index contributed by atoms with van der Waals surface area (Å²) >= 11 is 0. The maximum absolute atomic E-state index is 13.7. The predicted octanol–water partition coefficient (Wildman–Crippen LogP) is 5.97. The van der Waals surface area contributed by atoms with Crippen molar-refractivity contribution in [2.45, 2.75) is 44.8 Å². The van der Waals surface area contributed by atoms with Gasteiger partial charge in [-0.3, -0.25) is 4.98 Å². The van der Waals surface area contributed by atoms with Crippen LogP contribution in [0, 0.1) is 12.3 Å². The Morgan fingerprint density at radius 3 is 2.41 bits per heavy atom. The molecule has 1 aliphatic rings. The average Bonchev–Trinajstić information content (AvgIpc) is 2.80. The van der Waals surface area contributed by atoms with Crippen molar-refractivity contribution in [1.29, 1.82) is 0 Å². The monoisotopic (exact) mass is 526 g/mol. The van der Waals surface area contributed by atoms with Gasteiger partial charge in [-0.25, -0.2) is 18.7 Å². The summed E-state index contributed by atoms with van der Waals surface area (Å²) in [7, 11) is 2.90. The zero-order valence-electron chi connectivity index (χ0n) is 20.7. The van der Waals surface area contributed by atoms with E-state index in [1.165, 1.54) is 14.2 Å². The van der Waals surface area contributed by atoms with Crippen molar-refractivity contribution in [3.8, 4) is 11.5 Å². The first-order valence-corrected chi connectivity index (χ1v) is 11.5. The van der Waals surface area contributed by atoms with E-state index in [9.17, 15) is 22.0 Å². The molecular formula is C25H27F5N4O3. The third-order valence-electron chi connectivity index (χ3n) is 6.25. The Morgan fingerprint density at radius 2 is 1.78 bits per heavy atom. The maximum atomic E-state index is 13.7. The minimum atomic E-state index is -4.50. The number of rotatable bonds is 9. The standard InChI is InChI=1S/C25H27F5N4O3/c1-14(18-7-16(5-6-31-18)25(28,29)30)32-22-17-8-21(20(36-4)9-19(17)33-15(2)34-22)37-13-23(12-35-3)10-24(26,27)11-23/h5-9,14H,10-13H2,1-4H3,(H,32,33,34)/t14-/m1/s1. The Balaban J connectivity index is 1.65. The molecule has 200 valence electrons. The van der Waals surface area contributed by atoms with Gasteiger partial charge >= 0.3 is 6.18 Å². The van der Waals surface area contributed by atoms with Gasteiger partial charge in [0.25, 0.3) is 0 Å². The Bertz CT molecular complexity index is 1280. The van der Waals surface area contributed by atoms with Crippen molar-refractivity contribution in [3.63, 3.8) is 0 Å². The number of fused-ring (bicyclic) bond motifs is 1. The van der Waals surface area contributed by atoms with Crippen LogP contribution in [0.1, 0.15) is 42.9 Å². The largest absolute Gasteiger partial charge is 0.493 e. The molecule has 1 fully saturated rings. The number of nitrogens with one attached hydrogen (secondary N) is 1. The number of aromatic nitrogens is 3. The van der Waals surface area contributed by atoms with Crippen LogP contribution in [0.15, 0.2) is 30.5 Å². The number of anilines is 1. The summed E-state index contributed by atoms with van der Waals surface area (Å²) < 4.78 is 83.4. The number of aryl methyl sites for hydroxylation is 1. The first kappa shape index (κ1) is 26.8. The summed E-state index contributed by atoms with van der Waals surface area (Å²) in [6.07, 6.45) is -4.08. The number of ether oxygens (including phenoxy) is 3. The molecule has 4 rings (SSSR count). The van der Waals surface area contributed by atoms with Crippen molar-refractivity contribution in [1.82, 2.24) is 15.0 Å². The molecule has 37 heavy (non-hydrogen) atoms. The van der Waals surface area contributed by atoms with E-state index in [1.807, 2.05) is 0 Å². The van der Waals surface area contributed by atoms with Crippen LogP contribution in [0.4, 0.5) is 27.8 Å². The van der Waals surface area contributed by atoms with E-state index >= 15 is 0 Å². The SMILES string of the molecule is COCC1(COc2cc3c(N[C@H](C)c4cc(C(F)(F)F)ccn4)nc(C)nc3cc2OC)CC(F)(F)C1. The van der Waals surface area contributed by atoms with Crippen LogP contribution in [0.3, 0.4) is 0 Å². The van der Waals surface area contributed by atoms with E-state index in [-0.39, 0.29) is 31.7 Å². The zero-order valence-corrected chi connectivity index (χ0v) is 20.7. The molecule has 1 N–H and O–H groups in total. The Labute approximate surface area is 210 Å². The molecule has 3 aromatic rings. The second-order valence-electron chi connectivity index (χ2n) is 9.40. The minimum Gasteiger partial charge on any atom is -0.493 e. The van der Waals surface area contributed by atoms with Crippen molar-refractivity contribution in [2.75, 3.05) is 32.8 Å². The fourth-order valence-corrected chi connectivity index (χ4v) is 4.60. The van der Waals surface area contributed by atoms with Gasteiger partial charge < -0.3 is 19.5 Å². The molecule has 1 saturated carbocycles. The number of halogens is 5. The molecule has 0 aliphatic heterocycles. The Kier molecular flexibility index (Phi) is 7.15. The molecular weight excluding hydrogens is 499 g/mol. The van der Waals surface area contributed by atoms with E-state index in [0.29, 0.717) is 34.0 Å². The Hall–Kier alpha value is -3.28. The normalized spacial score (nSPS) is 17.2. The summed E-state index contributed by atoms with van der Waals surface area (Å²) in [6, 6.07) is 4.52. The smallest absolute Gasteiger partial charge is 0.416 e. The van der Waals surface area contributed by atoms with E-state index in [0.717, 1.165) is 18.3 Å². The molecule has 0 radical (unpaired) electrons. The molecule has 0 spiro atoms. The lowest BCUT2D eigenvalue weighted by Crippen LogP contribution is -2.52. The van der Waals surface area contributed by atoms with Crippen molar-refractivity contribution >= 4 is 16.7 Å². The highest BCUT2D eigenvalue weighted by molar-refractivity contribution is 5.92. The van der Waals surface area contributed by atoms with Gasteiger partial charge in [0.05, 0.1) is 43.1 Å². The number of benzene rings is 1. The van der Waals surface area contributed by atoms with Crippen molar-refractivity contribution in [3.05, 3.63) is 47.5 Å². The predicted molar refractivity (Wildman–Crippen MR) is 126 cm³/mol. The highest BCUT2D eigenvalue weighted by atomic mass is 19.4. The molecule has 2 aromatic heterocycles. The number of pyridine rings is 1. The van der Waals surface area contributed by atoms with Crippen LogP contribution in [-0.4, -0.2) is 48.3 Å². The highest BCUT2D eigenvalue weighted by Gasteiger charge is 2.57. The fourth-order valence-electron chi connectivity index (χ4n) is 4.60. The van der Waals surface area contributed by atoms with Crippen LogP contribution in [0.5, 0.6) is 11.5 Å². The van der Waals surface area contributed by atoms with Gasteiger partial charge in [-0.15, -0.1) is 0 Å². The summed E-state index contributed by atoms with van der Waals surface area (Å²) in [5, 5.41) is 3.63. The molecule has 0 unspecified atom stereocenters. The van der Waals surface area contributed by atoms with Crippen LogP contribution in [-0.2, 0) is 10.9 Å². The van der Waals surface area contributed by atoms with Crippen molar-refractivity contribution < 1.29 is 36.2 Å². The topological polar surface area (TPSA) is 78.4 Å². The van der Waals surface area contributed by atoms with E-state index in [4.69, 9.17) is 14.2 Å². The molecule has 1 aromatic carbocycles. The minimum absolute atomic E-state index is 0.0155. The third kappa shape index (κ3) is 5.84. The number of hydrogen-bond donors (Lipinski definition) is 1. The van der Waals surface area contributed by atoms with E-state index in [1.54, 1.807) is 26.0 Å². The van der Waals surface area contributed by atoms with E-state index in [2.05, 4.69) is 20.3 Å². The van der Waals surface area contributed by atoms with Crippen LogP contribution in [0.2, 0.25) is 0 Å². The third-order valence-corrected chi connectivity index (χ3v) is 6.25. The zero-order chi connectivity index (χ0) is 27.0. The maximum Gasteiger partial charge on any atom is 0.416 e. The van der Waals surface area contributed by atoms with Crippen LogP contribution in [0.25, 0.3) is 10.9 Å². The molecule has 0 amide bonds. The van der Waals surface area contributed by atoms with Gasteiger partial charge in [-0.1, -0.05) is 0 Å². The molecule has 12 heteroatoms. The summed E-state index contributed by atoms with van der Waals surface area (Å²) in [5.41, 5.74) is -0.948. The molecule has 2 heterocycles. The summed E-state index contributed by atoms with van der Waals surface area (Å²) in [4.78, 5) is 12.9. The van der Waals surface area contributed by atoms with Gasteiger partial charge in [0, 0.05) is 43.0 Å². The first-order chi connectivity index (χ1) is 17.3. The quantitative estimate of drug-likeness (QED) is 0.344. The summed E-state index contributed by atoms with van der Waals surface area (Å²) in [6.45, 7) is 3.45. The van der Waals surface area contributed by atoms with Crippen LogP contribution >= 0.6 is 0 Å². The highest BCUT2D eigenvalue weighted by Crippen LogP contribution is 2.52. The lowest BCUT2D eigenvalue weighted by atomic mass is 9.67. The summed E-state index contributed by atoms with van der Waals surface area (Å²) in [5.74, 6) is -1.34. The Morgan fingerprint density at radius 1 is 1.05 bits per heavy atom. The van der Waals surface area contributed by atoms with Gasteiger partial charge in [0.15, 0.2) is 11.5 Å². The molecule has 7 nitrogen and oxygen atoms in total. The van der Waals surface area contributed by atoms with Gasteiger partial charge in [0.1, 0.15) is 11.6 Å². The average molecular weight is 527 g/mol. The number of hydrogen-bond acceptors (Lipinski definition) is 7. The molecule has 0 bridgehead atoms. The second-order valence-corrected chi connectivity index (χ2v) is 9.40. The van der Waals surface area contributed by atoms with Crippen molar-refractivity contribution in [2.24, 2.45) is 5.41 Å². The number of alkyl halides is 5. The van der Waals surface area contributed by atoms with Gasteiger partial charge in [-0.05, 0) is 32.0 Å². The van der Waals surface area contributed by atoms with E-state index < -0.39 is 29.1 Å².